The van der Waals surface area contributed by atoms with E-state index in [2.05, 4.69) is 16.0 Å². The Hall–Kier alpha value is -4.27. The molecule has 4 heterocycles. The third kappa shape index (κ3) is 3.82. The number of para-hydroxylation sites is 2. The fourth-order valence-corrected chi connectivity index (χ4v) is 5.83. The quantitative estimate of drug-likeness (QED) is 0.422. The number of carbonyl (C=O) groups excluding carboxylic acids is 2. The lowest BCUT2D eigenvalue weighted by atomic mass is 9.85. The van der Waals surface area contributed by atoms with Crippen LogP contribution in [0, 0.1) is 0 Å². The number of carbonyl (C=O) groups is 2. The molecule has 190 valence electrons. The molecule has 2 aliphatic rings. The number of hydrogen-bond donors (Lipinski definition) is 1. The maximum Gasteiger partial charge on any atom is 0.246 e. The largest absolute Gasteiger partial charge is 0.493 e. The minimum absolute atomic E-state index is 0.0203. The highest BCUT2D eigenvalue weighted by Crippen LogP contribution is 2.46. The summed E-state index contributed by atoms with van der Waals surface area (Å²) >= 11 is 0. The zero-order valence-electron chi connectivity index (χ0n) is 20.9. The van der Waals surface area contributed by atoms with Crippen LogP contribution in [0.5, 0.6) is 11.5 Å². The minimum atomic E-state index is -0.595. The molecule has 2 aromatic carbocycles. The highest BCUT2D eigenvalue weighted by Gasteiger charge is 2.48. The van der Waals surface area contributed by atoms with Gasteiger partial charge in [-0.15, -0.1) is 0 Å². The molecule has 1 saturated heterocycles. The van der Waals surface area contributed by atoms with Crippen molar-refractivity contribution in [3.05, 3.63) is 78.0 Å². The number of aryl methyl sites for hydroxylation is 1. The zero-order valence-corrected chi connectivity index (χ0v) is 20.9. The summed E-state index contributed by atoms with van der Waals surface area (Å²) in [4.78, 5) is 38.7. The number of imidazole rings is 1. The van der Waals surface area contributed by atoms with Gasteiger partial charge in [0, 0.05) is 54.1 Å². The number of hydrogen-bond acceptors (Lipinski definition) is 5. The Morgan fingerprint density at radius 3 is 2.70 bits per heavy atom. The molecule has 0 bridgehead atoms. The van der Waals surface area contributed by atoms with Gasteiger partial charge >= 0.3 is 0 Å². The second-order valence-corrected chi connectivity index (χ2v) is 9.48. The van der Waals surface area contributed by atoms with Gasteiger partial charge in [0.15, 0.2) is 11.5 Å². The van der Waals surface area contributed by atoms with E-state index in [-0.39, 0.29) is 18.4 Å². The second-order valence-electron chi connectivity index (χ2n) is 9.48. The van der Waals surface area contributed by atoms with E-state index in [0.717, 1.165) is 40.7 Å². The predicted molar refractivity (Wildman–Crippen MR) is 137 cm³/mol. The number of ether oxygens (including phenoxy) is 2. The molecule has 1 N–H and O–H groups in total. The van der Waals surface area contributed by atoms with Gasteiger partial charge in [0.2, 0.25) is 11.8 Å². The fourth-order valence-electron chi connectivity index (χ4n) is 5.83. The van der Waals surface area contributed by atoms with Crippen LogP contribution in [0.15, 0.2) is 61.2 Å². The molecule has 2 aliphatic heterocycles. The topological polar surface area (TPSA) is 92.7 Å². The zero-order chi connectivity index (χ0) is 25.5. The summed E-state index contributed by atoms with van der Waals surface area (Å²) in [6, 6.07) is 12.6. The Kier molecular flexibility index (Phi) is 5.82. The van der Waals surface area contributed by atoms with Crippen LogP contribution >= 0.6 is 0 Å². The monoisotopic (exact) mass is 499 g/mol. The summed E-state index contributed by atoms with van der Waals surface area (Å²) in [7, 11) is 3.19. The molecule has 1 fully saturated rings. The number of fused-ring (bicyclic) bond motifs is 4. The van der Waals surface area contributed by atoms with Gasteiger partial charge in [-0.05, 0) is 24.1 Å². The minimum Gasteiger partial charge on any atom is -0.493 e. The number of nitrogens with zero attached hydrogens (tertiary/aromatic N) is 4. The molecule has 9 nitrogen and oxygen atoms in total. The molecule has 37 heavy (non-hydrogen) atoms. The molecule has 0 spiro atoms. The van der Waals surface area contributed by atoms with E-state index in [1.165, 1.54) is 0 Å². The fraction of sp³-hybridized carbons (Fsp3) is 0.321. The van der Waals surface area contributed by atoms with Gasteiger partial charge in [0.25, 0.3) is 0 Å². The molecule has 0 unspecified atom stereocenters. The second kappa shape index (κ2) is 9.31. The van der Waals surface area contributed by atoms with Gasteiger partial charge < -0.3 is 28.8 Å². The van der Waals surface area contributed by atoms with Crippen molar-refractivity contribution in [1.29, 1.82) is 0 Å². The summed E-state index contributed by atoms with van der Waals surface area (Å²) in [6.45, 7) is 1.31. The van der Waals surface area contributed by atoms with Crippen LogP contribution in [-0.2, 0) is 22.6 Å². The van der Waals surface area contributed by atoms with Crippen LogP contribution < -0.4 is 9.47 Å². The van der Waals surface area contributed by atoms with Crippen molar-refractivity contribution in [3.63, 3.8) is 0 Å². The molecule has 0 aliphatic carbocycles. The summed E-state index contributed by atoms with van der Waals surface area (Å²) < 4.78 is 13.3. The van der Waals surface area contributed by atoms with E-state index in [4.69, 9.17) is 9.47 Å². The first-order valence-corrected chi connectivity index (χ1v) is 12.5. The number of nitrogens with one attached hydrogen (secondary N) is 1. The molecule has 2 aromatic heterocycles. The van der Waals surface area contributed by atoms with E-state index in [9.17, 15) is 9.59 Å². The van der Waals surface area contributed by atoms with Gasteiger partial charge in [-0.1, -0.05) is 30.3 Å². The van der Waals surface area contributed by atoms with Crippen molar-refractivity contribution >= 4 is 22.7 Å². The summed E-state index contributed by atoms with van der Waals surface area (Å²) in [5, 5.41) is 1.07. The lowest BCUT2D eigenvalue weighted by molar-refractivity contribution is -0.158. The van der Waals surface area contributed by atoms with Gasteiger partial charge in [-0.3, -0.25) is 9.59 Å². The molecule has 2 atom stereocenters. The molecule has 6 rings (SSSR count). The highest BCUT2D eigenvalue weighted by atomic mass is 16.5. The predicted octanol–water partition coefficient (Wildman–Crippen LogP) is 3.16. The van der Waals surface area contributed by atoms with Gasteiger partial charge in [0.05, 0.1) is 27.1 Å². The molecule has 4 aromatic rings. The first-order valence-electron chi connectivity index (χ1n) is 12.5. The van der Waals surface area contributed by atoms with Gasteiger partial charge in [-0.2, -0.15) is 0 Å². The van der Waals surface area contributed by atoms with E-state index in [0.29, 0.717) is 24.5 Å². The number of rotatable bonds is 7. The Bertz CT molecular complexity index is 1460. The molecule has 2 amide bonds. The number of methoxy groups -OCH3 is 2. The Morgan fingerprint density at radius 2 is 1.92 bits per heavy atom. The first-order chi connectivity index (χ1) is 18.1. The number of H-pyrrole nitrogens is 1. The third-order valence-electron chi connectivity index (χ3n) is 7.47. The van der Waals surface area contributed by atoms with Gasteiger partial charge in [-0.25, -0.2) is 4.98 Å². The Balaban J connectivity index is 1.42. The Labute approximate surface area is 214 Å². The average Bonchev–Trinajstić information content (AvgIpc) is 3.57. The molecular weight excluding hydrogens is 470 g/mol. The van der Waals surface area contributed by atoms with Crippen LogP contribution in [0.1, 0.15) is 29.3 Å². The lowest BCUT2D eigenvalue weighted by Gasteiger charge is -2.47. The maximum atomic E-state index is 13.9. The lowest BCUT2D eigenvalue weighted by Crippen LogP contribution is -2.63. The standard InChI is InChI=1S/C28H29N5O4/c1-36-23-10-5-8-19(27(23)37-2)26-25-20(18-7-3-4-9-21(18)30-25)15-22-28(35)32(16-24(34)33(22)26)13-6-12-31-14-11-29-17-31/h3-5,7-11,14,17,22,26,30H,6,12-13,15-16H2,1-2H3/t22-,26-/m0/s1. The van der Waals surface area contributed by atoms with E-state index in [1.807, 2.05) is 47.2 Å². The summed E-state index contributed by atoms with van der Waals surface area (Å²) in [6.07, 6.45) is 6.60. The van der Waals surface area contributed by atoms with Crippen molar-refractivity contribution in [3.8, 4) is 11.5 Å². The average molecular weight is 500 g/mol. The number of benzene rings is 2. The normalized spacial score (nSPS) is 19.2. The molecule has 0 saturated carbocycles. The van der Waals surface area contributed by atoms with Crippen LogP contribution in [0.25, 0.3) is 10.9 Å². The van der Waals surface area contributed by atoms with E-state index < -0.39 is 12.1 Å². The van der Waals surface area contributed by atoms with Crippen molar-refractivity contribution in [1.82, 2.24) is 24.3 Å². The molecule has 9 heteroatoms. The maximum absolute atomic E-state index is 13.9. The summed E-state index contributed by atoms with van der Waals surface area (Å²) in [5.74, 6) is 1.04. The van der Waals surface area contributed by atoms with Crippen LogP contribution in [0.2, 0.25) is 0 Å². The van der Waals surface area contributed by atoms with Crippen molar-refractivity contribution in [2.45, 2.75) is 31.5 Å². The van der Waals surface area contributed by atoms with Crippen LogP contribution in [0.4, 0.5) is 0 Å². The number of aromatic nitrogens is 3. The number of aromatic amines is 1. The third-order valence-corrected chi connectivity index (χ3v) is 7.47. The number of amides is 2. The van der Waals surface area contributed by atoms with Gasteiger partial charge in [0.1, 0.15) is 12.1 Å². The van der Waals surface area contributed by atoms with Crippen molar-refractivity contribution in [2.75, 3.05) is 27.3 Å². The molecule has 0 radical (unpaired) electrons. The van der Waals surface area contributed by atoms with Crippen molar-refractivity contribution < 1.29 is 19.1 Å². The SMILES string of the molecule is COc1cccc([C@H]2c3[nH]c4ccccc4c3C[C@H]3C(=O)N(CCCn4ccnc4)CC(=O)N23)c1OC. The van der Waals surface area contributed by atoms with E-state index >= 15 is 0 Å². The highest BCUT2D eigenvalue weighted by molar-refractivity contribution is 5.97. The number of piperazine rings is 1. The van der Waals surface area contributed by atoms with Crippen LogP contribution in [0.3, 0.4) is 0 Å². The first kappa shape index (κ1) is 23.1. The smallest absolute Gasteiger partial charge is 0.246 e. The van der Waals surface area contributed by atoms with Crippen molar-refractivity contribution in [2.24, 2.45) is 0 Å². The summed E-state index contributed by atoms with van der Waals surface area (Å²) in [5.41, 5.74) is 3.75. The molecular formula is C28H29N5O4. The Morgan fingerprint density at radius 1 is 1.05 bits per heavy atom. The van der Waals surface area contributed by atoms with Crippen LogP contribution in [-0.4, -0.2) is 69.5 Å². The van der Waals surface area contributed by atoms with E-state index in [1.54, 1.807) is 36.5 Å².